The van der Waals surface area contributed by atoms with Crippen LogP contribution in [0.3, 0.4) is 0 Å². The quantitative estimate of drug-likeness (QED) is 0.776. The molecule has 3 aromatic rings. The van der Waals surface area contributed by atoms with E-state index in [2.05, 4.69) is 26.3 Å². The van der Waals surface area contributed by atoms with Gasteiger partial charge < -0.3 is 4.98 Å². The van der Waals surface area contributed by atoms with Crippen LogP contribution in [-0.4, -0.2) is 50.4 Å². The van der Waals surface area contributed by atoms with Crippen molar-refractivity contribution in [3.63, 3.8) is 0 Å². The lowest BCUT2D eigenvalue weighted by Gasteiger charge is -2.35. The Labute approximate surface area is 146 Å². The molecule has 3 aromatic heterocycles. The molecule has 2 atom stereocenters. The Morgan fingerprint density at radius 3 is 2.80 bits per heavy atom. The topological polar surface area (TPSA) is 83.4 Å². The van der Waals surface area contributed by atoms with E-state index in [4.69, 9.17) is 0 Å². The number of nitrogens with one attached hydrogen (secondary N) is 1. The lowest BCUT2D eigenvalue weighted by molar-refractivity contribution is 0.244. The number of sulfonamides is 1. The minimum Gasteiger partial charge on any atom is -0.345 e. The van der Waals surface area contributed by atoms with Crippen molar-refractivity contribution in [3.8, 4) is 0 Å². The summed E-state index contributed by atoms with van der Waals surface area (Å²) < 4.78 is 29.2. The van der Waals surface area contributed by atoms with Crippen LogP contribution < -0.4 is 0 Å². The Bertz CT molecular complexity index is 1050. The normalized spacial score (nSPS) is 25.8. The molecule has 2 fully saturated rings. The van der Waals surface area contributed by atoms with E-state index >= 15 is 0 Å². The molecular weight excluding hydrogens is 338 g/mol. The van der Waals surface area contributed by atoms with Crippen molar-refractivity contribution < 1.29 is 8.42 Å². The average molecular weight is 359 g/mol. The van der Waals surface area contributed by atoms with Gasteiger partial charge in [0.25, 0.3) is 0 Å². The first-order valence-corrected chi connectivity index (χ1v) is 10.3. The number of H-pyrrole nitrogens is 1. The Kier molecular flexibility index (Phi) is 3.24. The molecule has 1 saturated carbocycles. The molecule has 0 bridgehead atoms. The van der Waals surface area contributed by atoms with Crippen LogP contribution in [-0.2, 0) is 10.0 Å². The summed E-state index contributed by atoms with van der Waals surface area (Å²) in [4.78, 5) is 12.2. The van der Waals surface area contributed by atoms with Crippen molar-refractivity contribution in [1.82, 2.24) is 23.7 Å². The van der Waals surface area contributed by atoms with Crippen LogP contribution in [0.4, 0.5) is 0 Å². The molecule has 1 aliphatic carbocycles. The van der Waals surface area contributed by atoms with E-state index in [1.54, 1.807) is 4.31 Å². The van der Waals surface area contributed by atoms with Gasteiger partial charge in [-0.05, 0) is 31.2 Å². The molecule has 0 radical (unpaired) electrons. The molecule has 8 heteroatoms. The van der Waals surface area contributed by atoms with Crippen molar-refractivity contribution in [2.24, 2.45) is 5.92 Å². The number of nitrogens with zero attached hydrogens (tertiary/aromatic N) is 4. The molecule has 1 saturated heterocycles. The first-order chi connectivity index (χ1) is 12.1. The van der Waals surface area contributed by atoms with Crippen LogP contribution in [0.5, 0.6) is 0 Å². The second-order valence-corrected chi connectivity index (χ2v) is 9.53. The van der Waals surface area contributed by atoms with Gasteiger partial charge in [0.2, 0.25) is 10.0 Å². The van der Waals surface area contributed by atoms with Gasteiger partial charge in [-0.3, -0.25) is 4.40 Å². The Hall–Kier alpha value is -1.93. The Balaban J connectivity index is 1.59. The molecular formula is C17H21N5O2S. The van der Waals surface area contributed by atoms with E-state index in [1.165, 1.54) is 0 Å². The number of fused-ring (bicyclic) bond motifs is 3. The fourth-order valence-electron chi connectivity index (χ4n) is 3.95. The molecule has 0 spiro atoms. The fraction of sp³-hybridized carbons (Fsp3) is 0.529. The molecule has 2 aliphatic rings. The summed E-state index contributed by atoms with van der Waals surface area (Å²) in [7, 11) is -3.14. The highest BCUT2D eigenvalue weighted by atomic mass is 32.2. The van der Waals surface area contributed by atoms with Crippen molar-refractivity contribution in [2.45, 2.75) is 37.4 Å². The average Bonchev–Trinajstić information content (AvgIpc) is 3.21. The van der Waals surface area contributed by atoms with Gasteiger partial charge in [-0.15, -0.1) is 0 Å². The molecule has 0 amide bonds. The number of hydrogen-bond donors (Lipinski definition) is 1. The van der Waals surface area contributed by atoms with Gasteiger partial charge in [-0.1, -0.05) is 6.92 Å². The predicted molar refractivity (Wildman–Crippen MR) is 94.9 cm³/mol. The maximum Gasteiger partial charge on any atom is 0.217 e. The molecule has 132 valence electrons. The van der Waals surface area contributed by atoms with E-state index < -0.39 is 10.0 Å². The molecule has 1 aliphatic heterocycles. The van der Waals surface area contributed by atoms with Gasteiger partial charge in [-0.2, -0.15) is 0 Å². The first-order valence-electron chi connectivity index (χ1n) is 8.84. The Morgan fingerprint density at radius 2 is 2.00 bits per heavy atom. The number of aromatic nitrogens is 4. The highest BCUT2D eigenvalue weighted by Crippen LogP contribution is 2.38. The highest BCUT2D eigenvalue weighted by Gasteiger charge is 2.43. The molecule has 7 nitrogen and oxygen atoms in total. The lowest BCUT2D eigenvalue weighted by atomic mass is 9.87. The summed E-state index contributed by atoms with van der Waals surface area (Å²) in [6.07, 6.45) is 7.99. The molecule has 25 heavy (non-hydrogen) atoms. The van der Waals surface area contributed by atoms with Gasteiger partial charge in [0.1, 0.15) is 5.82 Å². The van der Waals surface area contributed by atoms with Gasteiger partial charge in [0.15, 0.2) is 5.65 Å². The van der Waals surface area contributed by atoms with E-state index in [0.717, 1.165) is 41.8 Å². The van der Waals surface area contributed by atoms with Crippen molar-refractivity contribution >= 4 is 26.7 Å². The zero-order valence-corrected chi connectivity index (χ0v) is 14.9. The highest BCUT2D eigenvalue weighted by molar-refractivity contribution is 7.90. The third-order valence-corrected chi connectivity index (χ3v) is 8.01. The van der Waals surface area contributed by atoms with Gasteiger partial charge in [-0.25, -0.2) is 22.7 Å². The van der Waals surface area contributed by atoms with Crippen molar-refractivity contribution in [2.75, 3.05) is 13.1 Å². The second kappa shape index (κ2) is 5.28. The molecule has 0 unspecified atom stereocenters. The maximum atomic E-state index is 12.7. The number of hydrogen-bond acceptors (Lipinski definition) is 4. The first kappa shape index (κ1) is 15.3. The number of imidazole rings is 1. The Morgan fingerprint density at radius 1 is 1.20 bits per heavy atom. The van der Waals surface area contributed by atoms with Gasteiger partial charge >= 0.3 is 0 Å². The molecule has 1 N–H and O–H groups in total. The third-order valence-electron chi connectivity index (χ3n) is 5.65. The van der Waals surface area contributed by atoms with Crippen molar-refractivity contribution in [1.29, 1.82) is 0 Å². The fourth-order valence-corrected chi connectivity index (χ4v) is 5.83. The van der Waals surface area contributed by atoms with E-state index in [1.807, 2.05) is 24.7 Å². The van der Waals surface area contributed by atoms with Crippen LogP contribution in [0.2, 0.25) is 0 Å². The third kappa shape index (κ3) is 2.31. The van der Waals surface area contributed by atoms with Crippen LogP contribution in [0, 0.1) is 5.92 Å². The molecule has 5 rings (SSSR count). The summed E-state index contributed by atoms with van der Waals surface area (Å²) in [6.45, 7) is 3.34. The SMILES string of the molecule is C[C@@H]1CCN(S(=O)(=O)C2CC2)C[C@@H]1c1ncc2cnc3[nH]ccc3n12. The van der Waals surface area contributed by atoms with Gasteiger partial charge in [0.05, 0.1) is 28.7 Å². The summed E-state index contributed by atoms with van der Waals surface area (Å²) in [5.74, 6) is 1.41. The van der Waals surface area contributed by atoms with Crippen LogP contribution in [0.25, 0.3) is 16.7 Å². The summed E-state index contributed by atoms with van der Waals surface area (Å²) >= 11 is 0. The zero-order chi connectivity index (χ0) is 17.2. The van der Waals surface area contributed by atoms with Gasteiger partial charge in [0, 0.05) is 25.2 Å². The summed E-state index contributed by atoms with van der Waals surface area (Å²) in [5.41, 5.74) is 2.74. The van der Waals surface area contributed by atoms with Crippen LogP contribution in [0.1, 0.15) is 37.9 Å². The number of aromatic amines is 1. The summed E-state index contributed by atoms with van der Waals surface area (Å²) in [6, 6.07) is 1.99. The van der Waals surface area contributed by atoms with Crippen molar-refractivity contribution in [3.05, 3.63) is 30.5 Å². The zero-order valence-electron chi connectivity index (χ0n) is 14.1. The van der Waals surface area contributed by atoms with Crippen LogP contribution in [0.15, 0.2) is 24.7 Å². The molecule has 0 aromatic carbocycles. The van der Waals surface area contributed by atoms with E-state index in [0.29, 0.717) is 19.0 Å². The summed E-state index contributed by atoms with van der Waals surface area (Å²) in [5, 5.41) is -0.154. The second-order valence-electron chi connectivity index (χ2n) is 7.32. The largest absolute Gasteiger partial charge is 0.345 e. The minimum atomic E-state index is -3.14. The minimum absolute atomic E-state index is 0.0882. The predicted octanol–water partition coefficient (Wildman–Crippen LogP) is 2.13. The standard InChI is InChI=1S/C17H21N5O2S/c1-11-5-7-21(25(23,24)13-2-3-13)10-14(11)17-20-9-12-8-19-16-15(22(12)17)4-6-18-16/h4,6,8-9,11,13-14,18H,2-3,5,7,10H2,1H3/t11-,14+/m1/s1. The van der Waals surface area contributed by atoms with E-state index in [9.17, 15) is 8.42 Å². The number of rotatable bonds is 3. The number of piperidine rings is 1. The monoisotopic (exact) mass is 359 g/mol. The van der Waals surface area contributed by atoms with Crippen LogP contribution >= 0.6 is 0 Å². The smallest absolute Gasteiger partial charge is 0.217 e. The van der Waals surface area contributed by atoms with E-state index in [-0.39, 0.29) is 11.2 Å². The molecule has 4 heterocycles. The lowest BCUT2D eigenvalue weighted by Crippen LogP contribution is -2.44. The maximum absolute atomic E-state index is 12.7.